The van der Waals surface area contributed by atoms with Gasteiger partial charge in [-0.3, -0.25) is 19.2 Å². The second-order valence-electron chi connectivity index (χ2n) is 8.71. The normalized spacial score (nSPS) is 19.8. The molecule has 0 saturated heterocycles. The van der Waals surface area contributed by atoms with E-state index in [4.69, 9.17) is 0 Å². The number of benzene rings is 3. The molecule has 176 valence electrons. The van der Waals surface area contributed by atoms with Crippen LogP contribution in [0.5, 0.6) is 0 Å². The highest BCUT2D eigenvalue weighted by Crippen LogP contribution is 2.45. The van der Waals surface area contributed by atoms with Crippen molar-refractivity contribution in [2.75, 3.05) is 23.9 Å². The number of anilines is 2. The molecule has 3 aromatic carbocycles. The second-order valence-corrected chi connectivity index (χ2v) is 8.71. The van der Waals surface area contributed by atoms with Crippen molar-refractivity contribution in [2.45, 2.75) is 5.92 Å². The van der Waals surface area contributed by atoms with Crippen LogP contribution in [0.15, 0.2) is 66.7 Å². The predicted octanol–water partition coefficient (Wildman–Crippen LogP) is 4.00. The summed E-state index contributed by atoms with van der Waals surface area (Å²) in [6.45, 7) is 0. The summed E-state index contributed by atoms with van der Waals surface area (Å²) in [4.78, 5) is 57.0. The summed E-state index contributed by atoms with van der Waals surface area (Å²) in [5.74, 6) is -9.09. The number of hydrogen-bond donors (Lipinski definition) is 0. The summed E-state index contributed by atoms with van der Waals surface area (Å²) in [7, 11) is 2.99. The third kappa shape index (κ3) is 3.36. The highest BCUT2D eigenvalue weighted by Gasteiger charge is 2.52. The molecule has 2 amide bonds. The number of carbonyl (C=O) groups is 4. The zero-order valence-corrected chi connectivity index (χ0v) is 18.9. The summed E-state index contributed by atoms with van der Waals surface area (Å²) < 4.78 is 28.2. The van der Waals surface area contributed by atoms with Crippen LogP contribution in [-0.2, 0) is 9.59 Å². The Balaban J connectivity index is 1.73. The Hall–Kier alpha value is -4.20. The average Bonchev–Trinajstić information content (AvgIpc) is 2.87. The van der Waals surface area contributed by atoms with Crippen molar-refractivity contribution in [3.05, 3.63) is 95.1 Å². The first-order chi connectivity index (χ1) is 16.7. The quantitative estimate of drug-likeness (QED) is 0.538. The van der Waals surface area contributed by atoms with E-state index in [0.717, 1.165) is 12.1 Å². The topological polar surface area (TPSA) is 74.8 Å². The summed E-state index contributed by atoms with van der Waals surface area (Å²) in [5.41, 5.74) is 1.30. The third-order valence-corrected chi connectivity index (χ3v) is 6.87. The molecule has 0 aliphatic carbocycles. The van der Waals surface area contributed by atoms with Crippen LogP contribution in [0.4, 0.5) is 20.2 Å². The van der Waals surface area contributed by atoms with Crippen molar-refractivity contribution in [1.29, 1.82) is 0 Å². The highest BCUT2D eigenvalue weighted by atomic mass is 19.2. The van der Waals surface area contributed by atoms with Crippen LogP contribution in [0.2, 0.25) is 0 Å². The fourth-order valence-electron chi connectivity index (χ4n) is 5.09. The average molecular weight is 474 g/mol. The van der Waals surface area contributed by atoms with Crippen LogP contribution in [0.3, 0.4) is 0 Å². The fourth-order valence-corrected chi connectivity index (χ4v) is 5.09. The zero-order valence-electron chi connectivity index (χ0n) is 18.9. The van der Waals surface area contributed by atoms with Gasteiger partial charge in [0.1, 0.15) is 11.8 Å². The first-order valence-corrected chi connectivity index (χ1v) is 11.0. The minimum absolute atomic E-state index is 0.0165. The van der Waals surface area contributed by atoms with Gasteiger partial charge in [0.2, 0.25) is 11.8 Å². The maximum Gasteiger partial charge on any atom is 0.238 e. The minimum atomic E-state index is -1.49. The molecule has 3 aromatic rings. The van der Waals surface area contributed by atoms with Crippen molar-refractivity contribution in [3.8, 4) is 0 Å². The third-order valence-electron chi connectivity index (χ3n) is 6.87. The Labute approximate surface area is 199 Å². The van der Waals surface area contributed by atoms with E-state index >= 15 is 0 Å². The number of amides is 2. The smallest absolute Gasteiger partial charge is 0.238 e. The Morgan fingerprint density at radius 2 is 1.11 bits per heavy atom. The Bertz CT molecular complexity index is 1340. The molecule has 0 unspecified atom stereocenters. The molecule has 2 heterocycles. The van der Waals surface area contributed by atoms with Crippen LogP contribution in [0, 0.1) is 23.5 Å². The van der Waals surface area contributed by atoms with Gasteiger partial charge in [0.05, 0.1) is 11.4 Å². The molecule has 5 rings (SSSR count). The number of Topliss-reactive ketones (excluding diaryl/α,β-unsaturated/α-hetero) is 2. The number of para-hydroxylation sites is 2. The van der Waals surface area contributed by atoms with E-state index in [1.54, 1.807) is 48.5 Å². The van der Waals surface area contributed by atoms with Gasteiger partial charge in [0, 0.05) is 31.1 Å². The number of nitrogens with zero attached hydrogens (tertiary/aromatic N) is 2. The molecule has 0 fully saturated rings. The summed E-state index contributed by atoms with van der Waals surface area (Å²) in [6, 6.07) is 15.9. The van der Waals surface area contributed by atoms with Crippen molar-refractivity contribution < 1.29 is 28.0 Å². The van der Waals surface area contributed by atoms with E-state index in [-0.39, 0.29) is 16.7 Å². The van der Waals surface area contributed by atoms with E-state index in [9.17, 15) is 28.0 Å². The van der Waals surface area contributed by atoms with Crippen LogP contribution in [0.1, 0.15) is 32.2 Å². The van der Waals surface area contributed by atoms with Gasteiger partial charge in [-0.15, -0.1) is 0 Å². The number of ketones is 2. The zero-order chi connectivity index (χ0) is 25.0. The van der Waals surface area contributed by atoms with E-state index in [1.165, 1.54) is 30.0 Å². The molecule has 2 atom stereocenters. The summed E-state index contributed by atoms with van der Waals surface area (Å²) in [6.07, 6.45) is 0. The van der Waals surface area contributed by atoms with Gasteiger partial charge in [0.25, 0.3) is 0 Å². The molecule has 0 aromatic heterocycles. The molecular weight excluding hydrogens is 454 g/mol. The van der Waals surface area contributed by atoms with Crippen molar-refractivity contribution in [2.24, 2.45) is 11.8 Å². The Kier molecular flexibility index (Phi) is 5.31. The molecule has 35 heavy (non-hydrogen) atoms. The maximum absolute atomic E-state index is 14.4. The van der Waals surface area contributed by atoms with Gasteiger partial charge in [0.15, 0.2) is 23.2 Å². The molecule has 2 aliphatic heterocycles. The Morgan fingerprint density at radius 3 is 1.57 bits per heavy atom. The van der Waals surface area contributed by atoms with E-state index < -0.39 is 52.8 Å². The minimum Gasteiger partial charge on any atom is -0.314 e. The van der Waals surface area contributed by atoms with Crippen LogP contribution < -0.4 is 9.80 Å². The van der Waals surface area contributed by atoms with Gasteiger partial charge in [-0.1, -0.05) is 30.3 Å². The van der Waals surface area contributed by atoms with Crippen LogP contribution in [-0.4, -0.2) is 37.5 Å². The number of rotatable bonds is 3. The largest absolute Gasteiger partial charge is 0.314 e. The summed E-state index contributed by atoms with van der Waals surface area (Å²) >= 11 is 0. The van der Waals surface area contributed by atoms with Crippen molar-refractivity contribution >= 4 is 34.8 Å². The number of fused-ring (bicyclic) bond motifs is 2. The van der Waals surface area contributed by atoms with Gasteiger partial charge in [-0.2, -0.15) is 0 Å². The molecular formula is C27H20F2N2O4. The van der Waals surface area contributed by atoms with Crippen molar-refractivity contribution in [3.63, 3.8) is 0 Å². The molecule has 0 N–H and O–H groups in total. The van der Waals surface area contributed by atoms with Crippen molar-refractivity contribution in [1.82, 2.24) is 0 Å². The lowest BCUT2D eigenvalue weighted by molar-refractivity contribution is -0.124. The molecule has 0 radical (unpaired) electrons. The first-order valence-electron chi connectivity index (χ1n) is 11.0. The number of halogens is 2. The van der Waals surface area contributed by atoms with Gasteiger partial charge in [-0.05, 0) is 42.0 Å². The number of carbonyl (C=O) groups excluding carboxylic acids is 4. The molecule has 8 heteroatoms. The molecule has 0 saturated carbocycles. The predicted molar refractivity (Wildman–Crippen MR) is 124 cm³/mol. The van der Waals surface area contributed by atoms with E-state index in [2.05, 4.69) is 0 Å². The lowest BCUT2D eigenvalue weighted by atomic mass is 9.68. The van der Waals surface area contributed by atoms with E-state index in [0.29, 0.717) is 11.4 Å². The highest BCUT2D eigenvalue weighted by molar-refractivity contribution is 6.25. The monoisotopic (exact) mass is 474 g/mol. The first kappa shape index (κ1) is 22.6. The fraction of sp³-hybridized carbons (Fsp3) is 0.185. The van der Waals surface area contributed by atoms with Crippen LogP contribution >= 0.6 is 0 Å². The Morgan fingerprint density at radius 1 is 0.657 bits per heavy atom. The van der Waals surface area contributed by atoms with Gasteiger partial charge < -0.3 is 9.80 Å². The van der Waals surface area contributed by atoms with Gasteiger partial charge in [-0.25, -0.2) is 8.78 Å². The number of hydrogen-bond acceptors (Lipinski definition) is 4. The second kappa shape index (κ2) is 8.23. The molecule has 2 aliphatic rings. The lowest BCUT2D eigenvalue weighted by Crippen LogP contribution is -2.52. The molecule has 0 spiro atoms. The molecule has 0 bridgehead atoms. The lowest BCUT2D eigenvalue weighted by Gasteiger charge is -2.40. The van der Waals surface area contributed by atoms with Gasteiger partial charge >= 0.3 is 0 Å². The molecule has 6 nitrogen and oxygen atoms in total. The van der Waals surface area contributed by atoms with E-state index in [1.807, 2.05) is 0 Å². The maximum atomic E-state index is 14.4. The van der Waals surface area contributed by atoms with Crippen LogP contribution in [0.25, 0.3) is 0 Å². The summed E-state index contributed by atoms with van der Waals surface area (Å²) in [5, 5.41) is 0. The standard InChI is InChI=1S/C27H20F2N2O4/c1-30-19-9-5-3-7-15(19)24(32)22(26(30)34)21(14-11-12-17(28)18(29)13-14)23-25(33)16-8-4-6-10-20(16)31(2)27(23)35/h3-13,21-23H,1-2H3/t22-,23-/m1/s1. The SMILES string of the molecule is CN1C(=O)[C@H](C(c2ccc(F)c(F)c2)[C@@H]2C(=O)c3ccccc3N(C)C2=O)C(=O)c2ccccc21.